The lowest BCUT2D eigenvalue weighted by Crippen LogP contribution is -2.43. The molecule has 1 aliphatic rings. The number of hydrogen-bond acceptors (Lipinski definition) is 3. The maximum Gasteiger partial charge on any atom is 0.225 e. The quantitative estimate of drug-likeness (QED) is 0.767. The van der Waals surface area contributed by atoms with Gasteiger partial charge < -0.3 is 14.7 Å². The summed E-state index contributed by atoms with van der Waals surface area (Å²) in [7, 11) is 0. The normalized spacial score (nSPS) is 19.4. The first kappa shape index (κ1) is 14.5. The number of likely N-dealkylation sites (tertiary alicyclic amines) is 1. The molecule has 1 N–H and O–H groups in total. The molecule has 0 aromatic heterocycles. The van der Waals surface area contributed by atoms with E-state index in [0.29, 0.717) is 6.61 Å². The topological polar surface area (TPSA) is 49.8 Å². The minimum Gasteiger partial charge on any atom is -0.394 e. The van der Waals surface area contributed by atoms with Gasteiger partial charge in [0.2, 0.25) is 5.91 Å². The highest BCUT2D eigenvalue weighted by Crippen LogP contribution is 2.17. The molecular weight excluding hydrogens is 218 g/mol. The Morgan fingerprint density at radius 2 is 2.12 bits per heavy atom. The smallest absolute Gasteiger partial charge is 0.225 e. The summed E-state index contributed by atoms with van der Waals surface area (Å²) in [5.41, 5.74) is 0. The van der Waals surface area contributed by atoms with Crippen molar-refractivity contribution in [2.75, 3.05) is 26.3 Å². The SMILES string of the molecule is CCCC(C)C(=O)N1CCC(OCCO)CC1. The molecule has 1 atom stereocenters. The Hall–Kier alpha value is -0.610. The number of hydrogen-bond donors (Lipinski definition) is 1. The van der Waals surface area contributed by atoms with E-state index in [-0.39, 0.29) is 24.5 Å². The van der Waals surface area contributed by atoms with Crippen LogP contribution in [0, 0.1) is 5.92 Å². The molecule has 0 radical (unpaired) electrons. The van der Waals surface area contributed by atoms with E-state index in [2.05, 4.69) is 6.92 Å². The van der Waals surface area contributed by atoms with Gasteiger partial charge in [-0.1, -0.05) is 20.3 Å². The van der Waals surface area contributed by atoms with Gasteiger partial charge in [-0.05, 0) is 19.3 Å². The molecule has 0 bridgehead atoms. The number of piperidine rings is 1. The standard InChI is InChI=1S/C13H25NO3/c1-3-4-11(2)13(16)14-7-5-12(6-8-14)17-10-9-15/h11-12,15H,3-10H2,1-2H3. The summed E-state index contributed by atoms with van der Waals surface area (Å²) >= 11 is 0. The van der Waals surface area contributed by atoms with Crippen molar-refractivity contribution in [1.29, 1.82) is 0 Å². The van der Waals surface area contributed by atoms with Gasteiger partial charge in [0.25, 0.3) is 0 Å². The highest BCUT2D eigenvalue weighted by molar-refractivity contribution is 5.78. The van der Waals surface area contributed by atoms with Crippen molar-refractivity contribution in [3.63, 3.8) is 0 Å². The highest BCUT2D eigenvalue weighted by atomic mass is 16.5. The molecule has 0 aliphatic carbocycles. The number of amides is 1. The van der Waals surface area contributed by atoms with E-state index in [1.807, 2.05) is 11.8 Å². The van der Waals surface area contributed by atoms with Crippen LogP contribution in [-0.4, -0.2) is 48.3 Å². The third-order valence-corrected chi connectivity index (χ3v) is 3.34. The first-order valence-corrected chi connectivity index (χ1v) is 6.70. The van der Waals surface area contributed by atoms with Gasteiger partial charge in [0.15, 0.2) is 0 Å². The van der Waals surface area contributed by atoms with E-state index in [1.54, 1.807) is 0 Å². The summed E-state index contributed by atoms with van der Waals surface area (Å²) in [6.07, 6.45) is 4.03. The van der Waals surface area contributed by atoms with Gasteiger partial charge in [0, 0.05) is 19.0 Å². The number of aliphatic hydroxyl groups is 1. The fraction of sp³-hybridized carbons (Fsp3) is 0.923. The van der Waals surface area contributed by atoms with Crippen LogP contribution in [0.15, 0.2) is 0 Å². The van der Waals surface area contributed by atoms with Crippen LogP contribution >= 0.6 is 0 Å². The Kier molecular flexibility index (Phi) is 6.52. The minimum absolute atomic E-state index is 0.0761. The molecule has 1 rings (SSSR count). The van der Waals surface area contributed by atoms with Crippen molar-refractivity contribution >= 4 is 5.91 Å². The Balaban J connectivity index is 2.28. The number of aliphatic hydroxyl groups excluding tert-OH is 1. The molecule has 0 spiro atoms. The second-order valence-electron chi connectivity index (χ2n) is 4.81. The maximum atomic E-state index is 12.1. The monoisotopic (exact) mass is 243 g/mol. The van der Waals surface area contributed by atoms with Crippen molar-refractivity contribution in [3.8, 4) is 0 Å². The van der Waals surface area contributed by atoms with Gasteiger partial charge in [-0.25, -0.2) is 0 Å². The molecule has 17 heavy (non-hydrogen) atoms. The Bertz CT molecular complexity index is 225. The number of carbonyl (C=O) groups excluding carboxylic acids is 1. The summed E-state index contributed by atoms with van der Waals surface area (Å²) in [6, 6.07) is 0. The van der Waals surface area contributed by atoms with E-state index in [0.717, 1.165) is 38.8 Å². The Labute approximate surface area is 104 Å². The van der Waals surface area contributed by atoms with Crippen molar-refractivity contribution < 1.29 is 14.6 Å². The summed E-state index contributed by atoms with van der Waals surface area (Å²) in [5, 5.41) is 8.68. The minimum atomic E-state index is 0.0761. The van der Waals surface area contributed by atoms with Crippen molar-refractivity contribution in [3.05, 3.63) is 0 Å². The molecule has 1 aliphatic heterocycles. The van der Waals surface area contributed by atoms with E-state index >= 15 is 0 Å². The number of rotatable bonds is 6. The van der Waals surface area contributed by atoms with Gasteiger partial charge in [-0.3, -0.25) is 4.79 Å². The van der Waals surface area contributed by atoms with E-state index in [9.17, 15) is 4.79 Å². The summed E-state index contributed by atoms with van der Waals surface area (Å²) < 4.78 is 5.48. The molecule has 0 saturated carbocycles. The van der Waals surface area contributed by atoms with Crippen molar-refractivity contribution in [2.24, 2.45) is 5.92 Å². The molecule has 100 valence electrons. The molecule has 1 unspecified atom stereocenters. The lowest BCUT2D eigenvalue weighted by molar-refractivity contribution is -0.138. The largest absolute Gasteiger partial charge is 0.394 e. The third kappa shape index (κ3) is 4.64. The van der Waals surface area contributed by atoms with Gasteiger partial charge in [0.05, 0.1) is 19.3 Å². The highest BCUT2D eigenvalue weighted by Gasteiger charge is 2.25. The first-order valence-electron chi connectivity index (χ1n) is 6.70. The Morgan fingerprint density at radius 3 is 2.65 bits per heavy atom. The summed E-state index contributed by atoms with van der Waals surface area (Å²) in [5.74, 6) is 0.433. The average molecular weight is 243 g/mol. The number of carbonyl (C=O) groups is 1. The zero-order valence-corrected chi connectivity index (χ0v) is 11.0. The summed E-state index contributed by atoms with van der Waals surface area (Å²) in [4.78, 5) is 14.0. The van der Waals surface area contributed by atoms with E-state index in [1.165, 1.54) is 0 Å². The fourth-order valence-corrected chi connectivity index (χ4v) is 2.33. The molecule has 1 heterocycles. The van der Waals surface area contributed by atoms with Gasteiger partial charge in [-0.15, -0.1) is 0 Å². The lowest BCUT2D eigenvalue weighted by Gasteiger charge is -2.33. The molecule has 1 saturated heterocycles. The van der Waals surface area contributed by atoms with E-state index < -0.39 is 0 Å². The molecule has 0 aromatic carbocycles. The molecule has 4 nitrogen and oxygen atoms in total. The van der Waals surface area contributed by atoms with Crippen LogP contribution in [0.3, 0.4) is 0 Å². The zero-order valence-electron chi connectivity index (χ0n) is 11.0. The maximum absolute atomic E-state index is 12.1. The molecular formula is C13H25NO3. The molecule has 1 amide bonds. The molecule has 1 fully saturated rings. The van der Waals surface area contributed by atoms with E-state index in [4.69, 9.17) is 9.84 Å². The number of nitrogens with zero attached hydrogens (tertiary/aromatic N) is 1. The average Bonchev–Trinajstić information content (AvgIpc) is 2.36. The first-order chi connectivity index (χ1) is 8.19. The van der Waals surface area contributed by atoms with Crippen LogP contribution in [0.5, 0.6) is 0 Å². The lowest BCUT2D eigenvalue weighted by atomic mass is 10.0. The summed E-state index contributed by atoms with van der Waals surface area (Å²) in [6.45, 7) is 6.20. The predicted molar refractivity (Wildman–Crippen MR) is 66.7 cm³/mol. The van der Waals surface area contributed by atoms with Gasteiger partial charge in [0.1, 0.15) is 0 Å². The van der Waals surface area contributed by atoms with Crippen LogP contribution in [-0.2, 0) is 9.53 Å². The second-order valence-corrected chi connectivity index (χ2v) is 4.81. The van der Waals surface area contributed by atoms with Crippen LogP contribution in [0.2, 0.25) is 0 Å². The fourth-order valence-electron chi connectivity index (χ4n) is 2.33. The second kappa shape index (κ2) is 7.67. The zero-order chi connectivity index (χ0) is 12.7. The third-order valence-electron chi connectivity index (χ3n) is 3.34. The van der Waals surface area contributed by atoms with Gasteiger partial charge in [-0.2, -0.15) is 0 Å². The van der Waals surface area contributed by atoms with Crippen LogP contribution in [0.4, 0.5) is 0 Å². The van der Waals surface area contributed by atoms with Crippen molar-refractivity contribution in [1.82, 2.24) is 4.90 Å². The number of ether oxygens (including phenoxy) is 1. The van der Waals surface area contributed by atoms with Crippen LogP contribution < -0.4 is 0 Å². The molecule has 0 aromatic rings. The predicted octanol–water partition coefficient (Wildman–Crippen LogP) is 1.42. The van der Waals surface area contributed by atoms with Crippen LogP contribution in [0.1, 0.15) is 39.5 Å². The Morgan fingerprint density at radius 1 is 1.47 bits per heavy atom. The van der Waals surface area contributed by atoms with Crippen molar-refractivity contribution in [2.45, 2.75) is 45.6 Å². The van der Waals surface area contributed by atoms with Gasteiger partial charge >= 0.3 is 0 Å². The molecule has 4 heteroatoms. The van der Waals surface area contributed by atoms with Crippen LogP contribution in [0.25, 0.3) is 0 Å².